The van der Waals surface area contributed by atoms with E-state index in [0.717, 1.165) is 25.2 Å². The molecule has 1 nitrogen and oxygen atoms in total. The van der Waals surface area contributed by atoms with Crippen LogP contribution in [0.25, 0.3) is 0 Å². The van der Waals surface area contributed by atoms with Gasteiger partial charge in [-0.2, -0.15) is 8.78 Å². The molecule has 0 heterocycles. The Balaban J connectivity index is 1.43. The summed E-state index contributed by atoms with van der Waals surface area (Å²) < 4.78 is 74.3. The van der Waals surface area contributed by atoms with Gasteiger partial charge in [-0.15, -0.1) is 6.58 Å². The Kier molecular flexibility index (Phi) is 8.02. The second-order valence-corrected chi connectivity index (χ2v) is 9.51. The van der Waals surface area contributed by atoms with E-state index in [1.165, 1.54) is 32.1 Å². The van der Waals surface area contributed by atoms with Crippen molar-refractivity contribution in [2.24, 2.45) is 23.7 Å². The van der Waals surface area contributed by atoms with Crippen LogP contribution in [0, 0.1) is 23.7 Å². The molecule has 0 amide bonds. The topological polar surface area (TPSA) is 9.23 Å². The van der Waals surface area contributed by atoms with E-state index in [9.17, 15) is 22.0 Å². The Morgan fingerprint density at radius 1 is 0.828 bits per heavy atom. The summed E-state index contributed by atoms with van der Waals surface area (Å²) in [7, 11) is 0. The van der Waals surface area contributed by atoms with E-state index in [-0.39, 0.29) is 0 Å². The van der Waals surface area contributed by atoms with Crippen LogP contribution in [0.2, 0.25) is 0 Å². The summed E-state index contributed by atoms with van der Waals surface area (Å²) in [6.45, 7) is 3.78. The molecule has 0 spiro atoms. The summed E-state index contributed by atoms with van der Waals surface area (Å²) in [4.78, 5) is 0. The van der Waals surface area contributed by atoms with Gasteiger partial charge in [0.15, 0.2) is 6.17 Å². The van der Waals surface area contributed by atoms with Crippen molar-refractivity contribution < 1.29 is 26.7 Å². The van der Waals surface area contributed by atoms with Gasteiger partial charge in [-0.3, -0.25) is 0 Å². The smallest absolute Gasteiger partial charge is 0.317 e. The van der Waals surface area contributed by atoms with Crippen molar-refractivity contribution in [3.05, 3.63) is 12.7 Å². The average molecular weight is 423 g/mol. The van der Waals surface area contributed by atoms with E-state index in [1.807, 2.05) is 6.08 Å². The second kappa shape index (κ2) is 10.1. The Morgan fingerprint density at radius 3 is 1.86 bits per heavy atom. The van der Waals surface area contributed by atoms with Crippen molar-refractivity contribution in [3.8, 4) is 0 Å². The third-order valence-corrected chi connectivity index (χ3v) is 7.58. The molecule has 6 heteroatoms. The third-order valence-electron chi connectivity index (χ3n) is 7.58. The average Bonchev–Trinajstić information content (AvgIpc) is 2.70. The van der Waals surface area contributed by atoms with Gasteiger partial charge in [0, 0.05) is 12.8 Å². The van der Waals surface area contributed by atoms with Gasteiger partial charge in [0.05, 0.1) is 12.0 Å². The number of allylic oxidation sites excluding steroid dienone is 1. The molecule has 0 radical (unpaired) electrons. The highest BCUT2D eigenvalue weighted by Gasteiger charge is 2.48. The fraction of sp³-hybridized carbons (Fsp3) is 0.913. The predicted molar refractivity (Wildman–Crippen MR) is 104 cm³/mol. The minimum Gasteiger partial charge on any atom is -0.317 e. The Labute approximate surface area is 171 Å². The molecule has 0 aliphatic heterocycles. The van der Waals surface area contributed by atoms with Crippen LogP contribution in [-0.2, 0) is 4.74 Å². The highest BCUT2D eigenvalue weighted by atomic mass is 19.3. The molecule has 2 atom stereocenters. The molecule has 3 saturated carbocycles. The van der Waals surface area contributed by atoms with Crippen molar-refractivity contribution in [1.82, 2.24) is 0 Å². The van der Waals surface area contributed by atoms with Crippen LogP contribution in [0.4, 0.5) is 22.0 Å². The van der Waals surface area contributed by atoms with E-state index in [4.69, 9.17) is 4.74 Å². The Hall–Kier alpha value is -0.650. The SMILES string of the molecule is C=CCCC1CCC(C2CCC(C(F)(F)OC3CC(F)C(F)C(F)C3)CC2)CC1. The summed E-state index contributed by atoms with van der Waals surface area (Å²) in [6, 6.07) is 0. The molecule has 0 N–H and O–H groups in total. The lowest BCUT2D eigenvalue weighted by Gasteiger charge is -2.40. The summed E-state index contributed by atoms with van der Waals surface area (Å²) in [5.41, 5.74) is 0. The summed E-state index contributed by atoms with van der Waals surface area (Å²) in [6.07, 6.45) is -0.679. The van der Waals surface area contributed by atoms with E-state index >= 15 is 0 Å². The van der Waals surface area contributed by atoms with Gasteiger partial charge in [-0.25, -0.2) is 13.2 Å². The molecule has 0 saturated heterocycles. The van der Waals surface area contributed by atoms with Crippen molar-refractivity contribution in [3.63, 3.8) is 0 Å². The van der Waals surface area contributed by atoms with Crippen LogP contribution in [-0.4, -0.2) is 30.7 Å². The minimum absolute atomic E-state index is 0.380. The van der Waals surface area contributed by atoms with Crippen LogP contribution in [0.3, 0.4) is 0 Å². The molecule has 3 fully saturated rings. The number of halogens is 5. The fourth-order valence-electron chi connectivity index (χ4n) is 5.73. The number of hydrogen-bond acceptors (Lipinski definition) is 1. The van der Waals surface area contributed by atoms with E-state index in [1.54, 1.807) is 0 Å². The van der Waals surface area contributed by atoms with Crippen molar-refractivity contribution in [2.75, 3.05) is 0 Å². The van der Waals surface area contributed by atoms with Gasteiger partial charge < -0.3 is 4.74 Å². The maximum atomic E-state index is 14.6. The molecule has 3 aliphatic carbocycles. The maximum absolute atomic E-state index is 14.6. The number of alkyl halides is 5. The van der Waals surface area contributed by atoms with Gasteiger partial charge in [0.2, 0.25) is 0 Å². The van der Waals surface area contributed by atoms with Crippen LogP contribution in [0.15, 0.2) is 12.7 Å². The molecule has 29 heavy (non-hydrogen) atoms. The number of hydrogen-bond donors (Lipinski definition) is 0. The first-order valence-electron chi connectivity index (χ1n) is 11.4. The molecule has 0 aromatic carbocycles. The largest absolute Gasteiger partial charge is 0.358 e. The normalized spacial score (nSPS) is 41.8. The summed E-state index contributed by atoms with van der Waals surface area (Å²) in [5.74, 6) is 0.984. The maximum Gasteiger partial charge on any atom is 0.358 e. The molecule has 2 unspecified atom stereocenters. The monoisotopic (exact) mass is 422 g/mol. The molecular formula is C23H35F5O. The zero-order valence-corrected chi connectivity index (χ0v) is 17.2. The van der Waals surface area contributed by atoms with Gasteiger partial charge >= 0.3 is 6.11 Å². The summed E-state index contributed by atoms with van der Waals surface area (Å²) in [5, 5.41) is 0. The Morgan fingerprint density at radius 2 is 1.34 bits per heavy atom. The molecule has 0 aromatic rings. The Bertz CT molecular complexity index is 499. The van der Waals surface area contributed by atoms with Crippen LogP contribution in [0.1, 0.15) is 77.0 Å². The fourth-order valence-corrected chi connectivity index (χ4v) is 5.73. The first kappa shape index (κ1) is 23.0. The second-order valence-electron chi connectivity index (χ2n) is 9.51. The lowest BCUT2D eigenvalue weighted by molar-refractivity contribution is -0.306. The molecule has 0 aromatic heterocycles. The first-order valence-corrected chi connectivity index (χ1v) is 11.4. The van der Waals surface area contributed by atoms with E-state index < -0.39 is 49.5 Å². The molecule has 168 valence electrons. The quantitative estimate of drug-likeness (QED) is 0.308. The number of rotatable bonds is 7. The number of ether oxygens (including phenoxy) is 1. The highest BCUT2D eigenvalue weighted by Crippen LogP contribution is 2.46. The van der Waals surface area contributed by atoms with Crippen LogP contribution >= 0.6 is 0 Å². The van der Waals surface area contributed by atoms with E-state index in [2.05, 4.69) is 6.58 Å². The van der Waals surface area contributed by atoms with E-state index in [0.29, 0.717) is 24.7 Å². The highest BCUT2D eigenvalue weighted by molar-refractivity contribution is 4.89. The van der Waals surface area contributed by atoms with Crippen LogP contribution < -0.4 is 0 Å². The van der Waals surface area contributed by atoms with Gasteiger partial charge in [-0.05, 0) is 69.1 Å². The molecule has 3 rings (SSSR count). The zero-order chi connectivity index (χ0) is 21.0. The zero-order valence-electron chi connectivity index (χ0n) is 17.2. The van der Waals surface area contributed by atoms with Gasteiger partial charge in [-0.1, -0.05) is 18.9 Å². The molecule has 3 aliphatic rings. The lowest BCUT2D eigenvalue weighted by atomic mass is 9.68. The third kappa shape index (κ3) is 5.95. The molecule has 0 bridgehead atoms. The van der Waals surface area contributed by atoms with Gasteiger partial charge in [0.25, 0.3) is 0 Å². The van der Waals surface area contributed by atoms with Crippen molar-refractivity contribution >= 4 is 0 Å². The standard InChI is InChI=1S/C23H35F5O/c1-2-3-4-15-5-7-16(8-6-15)17-9-11-18(12-10-17)23(27,28)29-19-13-20(24)22(26)21(25)14-19/h2,15-22H,1,3-14H2. The van der Waals surface area contributed by atoms with Gasteiger partial charge in [0.1, 0.15) is 12.3 Å². The predicted octanol–water partition coefficient (Wildman–Crippen LogP) is 7.35. The first-order chi connectivity index (χ1) is 13.8. The minimum atomic E-state index is -3.40. The lowest BCUT2D eigenvalue weighted by Crippen LogP contribution is -2.45. The van der Waals surface area contributed by atoms with Crippen molar-refractivity contribution in [2.45, 2.75) is 108 Å². The van der Waals surface area contributed by atoms with Crippen LogP contribution in [0.5, 0.6) is 0 Å². The van der Waals surface area contributed by atoms with Crippen molar-refractivity contribution in [1.29, 1.82) is 0 Å². The molecular weight excluding hydrogens is 387 g/mol. The summed E-state index contributed by atoms with van der Waals surface area (Å²) >= 11 is 0.